The smallest absolute Gasteiger partial charge is 0.268 e. The Morgan fingerprint density at radius 1 is 1.24 bits per heavy atom. The molecule has 6 heteroatoms. The van der Waals surface area contributed by atoms with E-state index in [0.717, 1.165) is 39.7 Å². The van der Waals surface area contributed by atoms with E-state index < -0.39 is 6.10 Å². The minimum atomic E-state index is -0.503. The van der Waals surface area contributed by atoms with Gasteiger partial charge in [0.05, 0.1) is 29.5 Å². The summed E-state index contributed by atoms with van der Waals surface area (Å²) < 4.78 is 11.0. The molecule has 1 aliphatic heterocycles. The van der Waals surface area contributed by atoms with Gasteiger partial charge in [-0.1, -0.05) is 24.3 Å². The fourth-order valence-corrected chi connectivity index (χ4v) is 4.22. The summed E-state index contributed by atoms with van der Waals surface area (Å²) in [4.78, 5) is 19.5. The molecule has 2 heterocycles. The lowest BCUT2D eigenvalue weighted by molar-refractivity contribution is -0.125. The first-order chi connectivity index (χ1) is 14.1. The molecule has 29 heavy (non-hydrogen) atoms. The Balaban J connectivity index is 1.69. The molecule has 3 aromatic rings. The van der Waals surface area contributed by atoms with E-state index in [1.807, 2.05) is 40.6 Å². The number of hydrogen-bond donors (Lipinski definition) is 0. The summed E-state index contributed by atoms with van der Waals surface area (Å²) in [5, 5.41) is 3.09. The van der Waals surface area contributed by atoms with Crippen molar-refractivity contribution in [3.63, 3.8) is 0 Å². The number of nitrogens with zero attached hydrogens (tertiary/aromatic N) is 2. The maximum Gasteiger partial charge on any atom is 0.268 e. The maximum atomic E-state index is 12.9. The van der Waals surface area contributed by atoms with Crippen LogP contribution in [0.2, 0.25) is 0 Å². The van der Waals surface area contributed by atoms with Crippen molar-refractivity contribution in [2.75, 3.05) is 18.6 Å². The highest BCUT2D eigenvalue weighted by Gasteiger charge is 2.32. The number of amides is 1. The van der Waals surface area contributed by atoms with Crippen LogP contribution >= 0.6 is 11.3 Å². The van der Waals surface area contributed by atoms with Crippen molar-refractivity contribution in [1.82, 2.24) is 4.98 Å². The fraction of sp³-hybridized carbons (Fsp3) is 0.304. The van der Waals surface area contributed by atoms with Crippen molar-refractivity contribution < 1.29 is 14.3 Å². The summed E-state index contributed by atoms with van der Waals surface area (Å²) in [7, 11) is 1.69. The highest BCUT2D eigenvalue weighted by atomic mass is 32.1. The third-order valence-electron chi connectivity index (χ3n) is 5.12. The summed E-state index contributed by atoms with van der Waals surface area (Å²) in [5.74, 6) is 0.696. The summed E-state index contributed by atoms with van der Waals surface area (Å²) in [6, 6.07) is 14.1. The predicted molar refractivity (Wildman–Crippen MR) is 116 cm³/mol. The third-order valence-corrected chi connectivity index (χ3v) is 6.03. The normalized spacial score (nSPS) is 15.9. The van der Waals surface area contributed by atoms with E-state index in [4.69, 9.17) is 14.5 Å². The molecule has 4 rings (SSSR count). The van der Waals surface area contributed by atoms with Crippen LogP contribution in [0.5, 0.6) is 5.75 Å². The lowest BCUT2D eigenvalue weighted by Gasteiger charge is -2.33. The van der Waals surface area contributed by atoms with Crippen molar-refractivity contribution in [2.45, 2.75) is 32.9 Å². The van der Waals surface area contributed by atoms with Gasteiger partial charge in [-0.25, -0.2) is 4.98 Å². The molecule has 150 valence electrons. The molecule has 0 saturated carbocycles. The molecule has 0 spiro atoms. The van der Waals surface area contributed by atoms with Gasteiger partial charge in [-0.15, -0.1) is 11.3 Å². The molecule has 1 amide bonds. The van der Waals surface area contributed by atoms with Gasteiger partial charge in [0.1, 0.15) is 5.75 Å². The van der Waals surface area contributed by atoms with Crippen LogP contribution in [0.15, 0.2) is 47.8 Å². The Kier molecular flexibility index (Phi) is 5.65. The molecule has 0 radical (unpaired) electrons. The molecular formula is C23H24N2O3S. The third kappa shape index (κ3) is 4.04. The van der Waals surface area contributed by atoms with Crippen molar-refractivity contribution >= 4 is 22.9 Å². The van der Waals surface area contributed by atoms with Crippen LogP contribution in [0, 0.1) is 6.92 Å². The van der Waals surface area contributed by atoms with Gasteiger partial charge in [0.25, 0.3) is 5.91 Å². The average Bonchev–Trinajstić information content (AvgIpc) is 3.20. The number of carbonyl (C=O) groups excluding carboxylic acids is 1. The summed E-state index contributed by atoms with van der Waals surface area (Å²) in [5.41, 5.74) is 4.97. The molecule has 1 atom stereocenters. The number of rotatable bonds is 6. The molecule has 0 N–H and O–H groups in total. The number of benzene rings is 2. The lowest BCUT2D eigenvalue weighted by atomic mass is 10.0. The lowest BCUT2D eigenvalue weighted by Crippen LogP contribution is -2.44. The fourth-order valence-electron chi connectivity index (χ4n) is 3.43. The first kappa shape index (κ1) is 19.6. The molecule has 1 aliphatic rings. The Hall–Kier alpha value is -2.70. The Morgan fingerprint density at radius 3 is 2.86 bits per heavy atom. The second kappa shape index (κ2) is 8.35. The van der Waals surface area contributed by atoms with E-state index >= 15 is 0 Å². The van der Waals surface area contributed by atoms with E-state index in [-0.39, 0.29) is 5.91 Å². The minimum Gasteiger partial charge on any atom is -0.479 e. The number of aromatic nitrogens is 1. The van der Waals surface area contributed by atoms with Crippen molar-refractivity contribution in [3.05, 3.63) is 64.0 Å². The zero-order chi connectivity index (χ0) is 20.4. The standard InChI is InChI=1S/C23H24N2O3S/c1-15-6-4-5-7-18(15)13-25-20-12-17(8-9-21(20)28-16(2)23(25)26)19-14-29-22(24-19)10-11-27-3/h4-9,12,14,16H,10-11,13H2,1-3H3. The first-order valence-corrected chi connectivity index (χ1v) is 10.5. The van der Waals surface area contributed by atoms with Crippen LogP contribution in [-0.4, -0.2) is 30.7 Å². The van der Waals surface area contributed by atoms with Crippen LogP contribution in [0.4, 0.5) is 5.69 Å². The number of fused-ring (bicyclic) bond motifs is 1. The number of carbonyl (C=O) groups is 1. The van der Waals surface area contributed by atoms with Gasteiger partial charge in [0.15, 0.2) is 6.10 Å². The second-order valence-corrected chi connectivity index (χ2v) is 8.11. The van der Waals surface area contributed by atoms with Crippen LogP contribution < -0.4 is 9.64 Å². The van der Waals surface area contributed by atoms with Gasteiger partial charge >= 0.3 is 0 Å². The summed E-state index contributed by atoms with van der Waals surface area (Å²) in [6.07, 6.45) is 0.294. The van der Waals surface area contributed by atoms with Gasteiger partial charge in [-0.2, -0.15) is 0 Å². The Morgan fingerprint density at radius 2 is 2.07 bits per heavy atom. The number of hydrogen-bond acceptors (Lipinski definition) is 5. The topological polar surface area (TPSA) is 51.7 Å². The number of methoxy groups -OCH3 is 1. The van der Waals surface area contributed by atoms with Gasteiger partial charge in [-0.3, -0.25) is 4.79 Å². The number of ether oxygens (including phenoxy) is 2. The van der Waals surface area contributed by atoms with Crippen LogP contribution in [0.3, 0.4) is 0 Å². The van der Waals surface area contributed by atoms with Gasteiger partial charge in [-0.05, 0) is 43.2 Å². The van der Waals surface area contributed by atoms with E-state index in [9.17, 15) is 4.79 Å². The second-order valence-electron chi connectivity index (χ2n) is 7.16. The Bertz CT molecular complexity index is 1030. The molecule has 0 aliphatic carbocycles. The van der Waals surface area contributed by atoms with E-state index in [0.29, 0.717) is 13.2 Å². The van der Waals surface area contributed by atoms with Gasteiger partial charge in [0, 0.05) is 24.5 Å². The zero-order valence-electron chi connectivity index (χ0n) is 16.8. The molecule has 2 aromatic carbocycles. The SMILES string of the molecule is COCCc1nc(-c2ccc3c(c2)N(Cc2ccccc2C)C(=O)C(C)O3)cs1. The molecule has 5 nitrogen and oxygen atoms in total. The van der Waals surface area contributed by atoms with Gasteiger partial charge in [0.2, 0.25) is 0 Å². The van der Waals surface area contributed by atoms with E-state index in [1.165, 1.54) is 5.56 Å². The van der Waals surface area contributed by atoms with E-state index in [1.54, 1.807) is 25.4 Å². The maximum absolute atomic E-state index is 12.9. The molecular weight excluding hydrogens is 384 g/mol. The monoisotopic (exact) mass is 408 g/mol. The number of anilines is 1. The Labute approximate surface area is 174 Å². The van der Waals surface area contributed by atoms with Crippen molar-refractivity contribution in [3.8, 4) is 17.0 Å². The highest BCUT2D eigenvalue weighted by molar-refractivity contribution is 7.09. The quantitative estimate of drug-likeness (QED) is 0.597. The average molecular weight is 409 g/mol. The zero-order valence-corrected chi connectivity index (χ0v) is 17.7. The molecule has 1 aromatic heterocycles. The van der Waals surface area contributed by atoms with Crippen LogP contribution in [0.1, 0.15) is 23.1 Å². The number of thiazole rings is 1. The van der Waals surface area contributed by atoms with Crippen LogP contribution in [0.25, 0.3) is 11.3 Å². The summed E-state index contributed by atoms with van der Waals surface area (Å²) in [6.45, 7) is 5.04. The minimum absolute atomic E-state index is 0.0306. The van der Waals surface area contributed by atoms with Crippen molar-refractivity contribution in [1.29, 1.82) is 0 Å². The first-order valence-electron chi connectivity index (χ1n) is 9.67. The molecule has 0 fully saturated rings. The summed E-state index contributed by atoms with van der Waals surface area (Å²) >= 11 is 1.63. The molecule has 0 bridgehead atoms. The largest absolute Gasteiger partial charge is 0.479 e. The van der Waals surface area contributed by atoms with E-state index in [2.05, 4.69) is 19.1 Å². The van der Waals surface area contributed by atoms with Crippen molar-refractivity contribution in [2.24, 2.45) is 0 Å². The molecule has 0 saturated heterocycles. The number of aryl methyl sites for hydroxylation is 1. The molecule has 1 unspecified atom stereocenters. The predicted octanol–water partition coefficient (Wildman–Crippen LogP) is 4.62. The highest BCUT2D eigenvalue weighted by Crippen LogP contribution is 2.38. The van der Waals surface area contributed by atoms with Crippen LogP contribution in [-0.2, 0) is 22.5 Å². The van der Waals surface area contributed by atoms with Gasteiger partial charge < -0.3 is 14.4 Å².